The number of carboxylic acids is 1. The van der Waals surface area contributed by atoms with Gasteiger partial charge in [0.1, 0.15) is 5.82 Å². The maximum atomic E-state index is 13.6. The van der Waals surface area contributed by atoms with Gasteiger partial charge in [0.05, 0.1) is 5.56 Å². The zero-order valence-electron chi connectivity index (χ0n) is 11.8. The number of nitrogens with one attached hydrogen (secondary N) is 1. The van der Waals surface area contributed by atoms with E-state index in [-0.39, 0.29) is 17.9 Å². The number of benzene rings is 1. The molecule has 0 fully saturated rings. The molecule has 0 radical (unpaired) electrons. The fraction of sp³-hybridized carbons (Fsp3) is 0.467. The summed E-state index contributed by atoms with van der Waals surface area (Å²) in [6.45, 7) is 4.10. The molecule has 0 saturated heterocycles. The van der Waals surface area contributed by atoms with Crippen molar-refractivity contribution in [2.24, 2.45) is 5.92 Å². The lowest BCUT2D eigenvalue weighted by molar-refractivity contribution is -0.137. The fourth-order valence-corrected chi connectivity index (χ4v) is 1.85. The van der Waals surface area contributed by atoms with Crippen LogP contribution in [0.2, 0.25) is 0 Å². The lowest BCUT2D eigenvalue weighted by Crippen LogP contribution is -2.26. The Bertz CT molecular complexity index is 488. The van der Waals surface area contributed by atoms with Crippen LogP contribution in [0, 0.1) is 18.7 Å². The monoisotopic (exact) mass is 281 g/mol. The number of rotatable bonds is 7. The van der Waals surface area contributed by atoms with Gasteiger partial charge in [-0.15, -0.1) is 0 Å². The second-order valence-electron chi connectivity index (χ2n) is 5.07. The van der Waals surface area contributed by atoms with Crippen LogP contribution in [0.4, 0.5) is 4.39 Å². The quantitative estimate of drug-likeness (QED) is 0.807. The van der Waals surface area contributed by atoms with Crippen LogP contribution in [0.15, 0.2) is 18.2 Å². The Morgan fingerprint density at radius 2 is 2.05 bits per heavy atom. The first kappa shape index (κ1) is 16.1. The van der Waals surface area contributed by atoms with Crippen molar-refractivity contribution in [3.63, 3.8) is 0 Å². The summed E-state index contributed by atoms with van der Waals surface area (Å²) in [4.78, 5) is 22.2. The highest BCUT2D eigenvalue weighted by Gasteiger charge is 2.12. The summed E-state index contributed by atoms with van der Waals surface area (Å²) in [5.41, 5.74) is 0.801. The highest BCUT2D eigenvalue weighted by molar-refractivity contribution is 5.94. The summed E-state index contributed by atoms with van der Waals surface area (Å²) in [5, 5.41) is 11.2. The molecule has 2 N–H and O–H groups in total. The number of carboxylic acid groups (broad SMARTS) is 1. The lowest BCUT2D eigenvalue weighted by Gasteiger charge is -2.11. The number of halogens is 1. The largest absolute Gasteiger partial charge is 0.481 e. The lowest BCUT2D eigenvalue weighted by atomic mass is 10.0. The molecule has 1 amide bonds. The highest BCUT2D eigenvalue weighted by Crippen LogP contribution is 2.11. The normalized spacial score (nSPS) is 11.9. The van der Waals surface area contributed by atoms with Gasteiger partial charge in [-0.3, -0.25) is 9.59 Å². The third-order valence-electron chi connectivity index (χ3n) is 3.14. The Balaban J connectivity index is 2.38. The highest BCUT2D eigenvalue weighted by atomic mass is 19.1. The topological polar surface area (TPSA) is 66.4 Å². The Morgan fingerprint density at radius 1 is 1.35 bits per heavy atom. The van der Waals surface area contributed by atoms with Gasteiger partial charge in [0, 0.05) is 13.0 Å². The molecule has 20 heavy (non-hydrogen) atoms. The number of aryl methyl sites for hydroxylation is 1. The molecular formula is C15H20FNO3. The number of aliphatic carboxylic acids is 1. The van der Waals surface area contributed by atoms with Crippen molar-refractivity contribution in [1.82, 2.24) is 5.32 Å². The molecule has 5 heteroatoms. The summed E-state index contributed by atoms with van der Waals surface area (Å²) in [6.07, 6.45) is 1.37. The van der Waals surface area contributed by atoms with Gasteiger partial charge in [-0.1, -0.05) is 13.0 Å². The van der Waals surface area contributed by atoms with Crippen LogP contribution in [0.3, 0.4) is 0 Å². The third-order valence-corrected chi connectivity index (χ3v) is 3.14. The second kappa shape index (κ2) is 7.62. The first-order valence-electron chi connectivity index (χ1n) is 6.66. The van der Waals surface area contributed by atoms with Crippen LogP contribution in [0.5, 0.6) is 0 Å². The number of carbonyl (C=O) groups excluding carboxylic acids is 1. The summed E-state index contributed by atoms with van der Waals surface area (Å²) in [5.74, 6) is -1.58. The molecule has 1 aromatic carbocycles. The minimum Gasteiger partial charge on any atom is -0.481 e. The van der Waals surface area contributed by atoms with Gasteiger partial charge in [0.2, 0.25) is 0 Å². The second-order valence-corrected chi connectivity index (χ2v) is 5.07. The van der Waals surface area contributed by atoms with Crippen molar-refractivity contribution >= 4 is 11.9 Å². The van der Waals surface area contributed by atoms with E-state index in [0.717, 1.165) is 5.56 Å². The SMILES string of the molecule is Cc1ccc(C(=O)NCCC(C)CCC(=O)O)c(F)c1. The molecule has 0 saturated carbocycles. The summed E-state index contributed by atoms with van der Waals surface area (Å²) in [7, 11) is 0. The van der Waals surface area contributed by atoms with Crippen LogP contribution in [-0.4, -0.2) is 23.5 Å². The maximum Gasteiger partial charge on any atom is 0.303 e. The summed E-state index contributed by atoms with van der Waals surface area (Å²) in [6, 6.07) is 4.48. The van der Waals surface area contributed by atoms with Crippen LogP contribution < -0.4 is 5.32 Å². The molecule has 0 aliphatic carbocycles. The molecule has 0 aliphatic rings. The summed E-state index contributed by atoms with van der Waals surface area (Å²) >= 11 is 0. The average Bonchev–Trinajstić information content (AvgIpc) is 2.36. The van der Waals surface area contributed by atoms with Crippen molar-refractivity contribution < 1.29 is 19.1 Å². The van der Waals surface area contributed by atoms with E-state index in [4.69, 9.17) is 5.11 Å². The van der Waals surface area contributed by atoms with E-state index in [2.05, 4.69) is 5.32 Å². The van der Waals surface area contributed by atoms with Crippen molar-refractivity contribution in [2.45, 2.75) is 33.1 Å². The van der Waals surface area contributed by atoms with Gasteiger partial charge < -0.3 is 10.4 Å². The van der Waals surface area contributed by atoms with E-state index in [1.165, 1.54) is 12.1 Å². The fourth-order valence-electron chi connectivity index (χ4n) is 1.85. The number of carbonyl (C=O) groups is 2. The molecule has 0 aliphatic heterocycles. The van der Waals surface area contributed by atoms with Crippen molar-refractivity contribution in [3.05, 3.63) is 35.1 Å². The van der Waals surface area contributed by atoms with Crippen molar-refractivity contribution in [3.8, 4) is 0 Å². The molecular weight excluding hydrogens is 261 g/mol. The first-order chi connectivity index (χ1) is 9.40. The molecule has 0 bridgehead atoms. The predicted octanol–water partition coefficient (Wildman–Crippen LogP) is 2.75. The molecule has 4 nitrogen and oxygen atoms in total. The van der Waals surface area contributed by atoms with Gasteiger partial charge in [-0.05, 0) is 43.4 Å². The molecule has 1 rings (SSSR count). The van der Waals surface area contributed by atoms with E-state index in [1.807, 2.05) is 6.92 Å². The molecule has 1 unspecified atom stereocenters. The van der Waals surface area contributed by atoms with E-state index >= 15 is 0 Å². The zero-order valence-corrected chi connectivity index (χ0v) is 11.8. The van der Waals surface area contributed by atoms with Gasteiger partial charge in [-0.2, -0.15) is 0 Å². The Kier molecular flexibility index (Phi) is 6.15. The van der Waals surface area contributed by atoms with Crippen LogP contribution in [-0.2, 0) is 4.79 Å². The first-order valence-corrected chi connectivity index (χ1v) is 6.66. The average molecular weight is 281 g/mol. The van der Waals surface area contributed by atoms with Crippen LogP contribution in [0.25, 0.3) is 0 Å². The number of hydrogen-bond acceptors (Lipinski definition) is 2. The zero-order chi connectivity index (χ0) is 15.1. The number of hydrogen-bond donors (Lipinski definition) is 2. The standard InChI is InChI=1S/C15H20FNO3/c1-10(4-6-14(18)19)7-8-17-15(20)12-5-3-11(2)9-13(12)16/h3,5,9-10H,4,6-8H2,1-2H3,(H,17,20)(H,18,19). The van der Waals surface area contributed by atoms with Crippen molar-refractivity contribution in [2.75, 3.05) is 6.54 Å². The van der Waals surface area contributed by atoms with Crippen LogP contribution >= 0.6 is 0 Å². The minimum atomic E-state index is -0.817. The molecule has 0 aromatic heterocycles. The molecule has 0 spiro atoms. The van der Waals surface area contributed by atoms with E-state index in [1.54, 1.807) is 13.0 Å². The summed E-state index contributed by atoms with van der Waals surface area (Å²) < 4.78 is 13.6. The molecule has 1 aromatic rings. The number of amides is 1. The van der Waals surface area contributed by atoms with Gasteiger partial charge >= 0.3 is 5.97 Å². The molecule has 0 heterocycles. The van der Waals surface area contributed by atoms with Gasteiger partial charge in [-0.25, -0.2) is 4.39 Å². The van der Waals surface area contributed by atoms with E-state index in [0.29, 0.717) is 19.4 Å². The van der Waals surface area contributed by atoms with Crippen LogP contribution in [0.1, 0.15) is 42.1 Å². The van der Waals surface area contributed by atoms with Gasteiger partial charge in [0.15, 0.2) is 0 Å². The van der Waals surface area contributed by atoms with Gasteiger partial charge in [0.25, 0.3) is 5.91 Å². The van der Waals surface area contributed by atoms with E-state index < -0.39 is 17.7 Å². The predicted molar refractivity (Wildman–Crippen MR) is 74.1 cm³/mol. The third kappa shape index (κ3) is 5.38. The van der Waals surface area contributed by atoms with E-state index in [9.17, 15) is 14.0 Å². The maximum absolute atomic E-state index is 13.6. The smallest absolute Gasteiger partial charge is 0.303 e. The van der Waals surface area contributed by atoms with Crippen molar-refractivity contribution in [1.29, 1.82) is 0 Å². The minimum absolute atomic E-state index is 0.0359. The Morgan fingerprint density at radius 3 is 2.65 bits per heavy atom. The Hall–Kier alpha value is -1.91. The Labute approximate surface area is 118 Å². The molecule has 110 valence electrons. The molecule has 1 atom stereocenters.